The van der Waals surface area contributed by atoms with E-state index in [2.05, 4.69) is 20.6 Å². The molecule has 1 amide bonds. The Balaban J connectivity index is 2.00. The SMILES string of the molecule is Cc1cc2c(Nc3ccccc3F)cc(C(=O)NC[C@@H](O)CO)nc2cn1. The number of fused-ring (bicyclic) bond motifs is 1. The number of anilines is 2. The Morgan fingerprint density at radius 1 is 1.26 bits per heavy atom. The molecule has 1 atom stereocenters. The highest BCUT2D eigenvalue weighted by Crippen LogP contribution is 2.28. The van der Waals surface area contributed by atoms with Crippen LogP contribution in [0.25, 0.3) is 10.9 Å². The zero-order valence-electron chi connectivity index (χ0n) is 14.6. The number of rotatable bonds is 6. The van der Waals surface area contributed by atoms with E-state index in [0.717, 1.165) is 5.69 Å². The summed E-state index contributed by atoms with van der Waals surface area (Å²) in [5.41, 5.74) is 2.07. The summed E-state index contributed by atoms with van der Waals surface area (Å²) in [6.07, 6.45) is 0.478. The topological polar surface area (TPSA) is 107 Å². The van der Waals surface area contributed by atoms with Crippen molar-refractivity contribution in [3.63, 3.8) is 0 Å². The van der Waals surface area contributed by atoms with Crippen LogP contribution in [0.2, 0.25) is 0 Å². The van der Waals surface area contributed by atoms with Crippen LogP contribution in [-0.2, 0) is 0 Å². The lowest BCUT2D eigenvalue weighted by atomic mass is 10.1. The molecule has 0 aliphatic carbocycles. The molecule has 0 spiro atoms. The fourth-order valence-electron chi connectivity index (χ4n) is 2.53. The maximum atomic E-state index is 14.0. The third kappa shape index (κ3) is 4.36. The number of carbonyl (C=O) groups is 1. The van der Waals surface area contributed by atoms with Crippen LogP contribution in [0.4, 0.5) is 15.8 Å². The molecule has 0 unspecified atom stereocenters. The number of nitrogens with zero attached hydrogens (tertiary/aromatic N) is 2. The van der Waals surface area contributed by atoms with E-state index in [1.807, 2.05) is 6.92 Å². The number of carbonyl (C=O) groups excluding carboxylic acids is 1. The molecule has 3 rings (SSSR count). The second-order valence-electron chi connectivity index (χ2n) is 6.05. The second-order valence-corrected chi connectivity index (χ2v) is 6.05. The predicted octanol–water partition coefficient (Wildman–Crippen LogP) is 1.90. The number of hydrogen-bond acceptors (Lipinski definition) is 6. The van der Waals surface area contributed by atoms with Crippen LogP contribution >= 0.6 is 0 Å². The quantitative estimate of drug-likeness (QED) is 0.528. The number of aliphatic hydroxyl groups excluding tert-OH is 2. The van der Waals surface area contributed by atoms with Gasteiger partial charge in [0, 0.05) is 17.6 Å². The van der Waals surface area contributed by atoms with E-state index in [4.69, 9.17) is 5.11 Å². The van der Waals surface area contributed by atoms with Crippen molar-refractivity contribution in [2.75, 3.05) is 18.5 Å². The molecule has 0 aliphatic rings. The van der Waals surface area contributed by atoms with E-state index >= 15 is 0 Å². The minimum atomic E-state index is -1.06. The molecule has 7 nitrogen and oxygen atoms in total. The number of halogens is 1. The number of aromatic nitrogens is 2. The molecule has 0 aliphatic heterocycles. The number of nitrogens with one attached hydrogen (secondary N) is 2. The molecule has 3 aromatic rings. The standard InChI is InChI=1S/C19H19FN4O3/c1-11-6-13-16(23-15-5-3-2-4-14(15)20)7-17(24-18(13)9-21-11)19(27)22-8-12(26)10-25/h2-7,9,12,25-26H,8,10H2,1H3,(H,22,27)(H,23,24)/t12-/m1/s1. The van der Waals surface area contributed by atoms with E-state index < -0.39 is 24.4 Å². The summed E-state index contributed by atoms with van der Waals surface area (Å²) < 4.78 is 14.0. The van der Waals surface area contributed by atoms with Gasteiger partial charge in [0.25, 0.3) is 5.91 Å². The molecular formula is C19H19FN4O3. The zero-order valence-corrected chi connectivity index (χ0v) is 14.6. The van der Waals surface area contributed by atoms with E-state index in [1.54, 1.807) is 24.3 Å². The van der Waals surface area contributed by atoms with Crippen LogP contribution in [0.1, 0.15) is 16.2 Å². The zero-order chi connectivity index (χ0) is 19.4. The molecule has 1 aromatic carbocycles. The van der Waals surface area contributed by atoms with Gasteiger partial charge in [0.2, 0.25) is 0 Å². The van der Waals surface area contributed by atoms with E-state index in [-0.39, 0.29) is 17.9 Å². The molecular weight excluding hydrogens is 351 g/mol. The number of para-hydroxylation sites is 1. The van der Waals surface area contributed by atoms with Gasteiger partial charge in [0.05, 0.1) is 35.8 Å². The Kier molecular flexibility index (Phi) is 5.58. The minimum Gasteiger partial charge on any atom is -0.394 e. The third-order valence-electron chi connectivity index (χ3n) is 3.92. The Morgan fingerprint density at radius 2 is 2.04 bits per heavy atom. The summed E-state index contributed by atoms with van der Waals surface area (Å²) in [6, 6.07) is 9.52. The summed E-state index contributed by atoms with van der Waals surface area (Å²) in [5, 5.41) is 24.4. The molecule has 0 saturated carbocycles. The first kappa shape index (κ1) is 18.7. The summed E-state index contributed by atoms with van der Waals surface area (Å²) in [5.74, 6) is -0.952. The number of aryl methyl sites for hydroxylation is 1. The maximum absolute atomic E-state index is 14.0. The van der Waals surface area contributed by atoms with Crippen molar-refractivity contribution in [2.45, 2.75) is 13.0 Å². The van der Waals surface area contributed by atoms with Crippen molar-refractivity contribution in [2.24, 2.45) is 0 Å². The van der Waals surface area contributed by atoms with Gasteiger partial charge in [0.1, 0.15) is 11.5 Å². The van der Waals surface area contributed by atoms with Crippen molar-refractivity contribution >= 4 is 28.2 Å². The van der Waals surface area contributed by atoms with Crippen molar-refractivity contribution in [3.8, 4) is 0 Å². The Hall–Kier alpha value is -3.10. The fourth-order valence-corrected chi connectivity index (χ4v) is 2.53. The number of hydrogen-bond donors (Lipinski definition) is 4. The summed E-state index contributed by atoms with van der Waals surface area (Å²) in [7, 11) is 0. The van der Waals surface area contributed by atoms with Crippen LogP contribution in [0.5, 0.6) is 0 Å². The van der Waals surface area contributed by atoms with Crippen LogP contribution in [-0.4, -0.2) is 45.3 Å². The van der Waals surface area contributed by atoms with Crippen LogP contribution < -0.4 is 10.6 Å². The summed E-state index contributed by atoms with van der Waals surface area (Å²) in [4.78, 5) is 20.8. The molecule has 0 bridgehead atoms. The van der Waals surface area contributed by atoms with Gasteiger partial charge in [-0.2, -0.15) is 0 Å². The number of pyridine rings is 2. The van der Waals surface area contributed by atoms with Crippen molar-refractivity contribution in [1.82, 2.24) is 15.3 Å². The van der Waals surface area contributed by atoms with Gasteiger partial charge in [-0.05, 0) is 31.2 Å². The summed E-state index contributed by atoms with van der Waals surface area (Å²) in [6.45, 7) is 1.25. The van der Waals surface area contributed by atoms with Gasteiger partial charge in [-0.25, -0.2) is 9.37 Å². The highest BCUT2D eigenvalue weighted by Gasteiger charge is 2.15. The van der Waals surface area contributed by atoms with Crippen LogP contribution in [0.3, 0.4) is 0 Å². The monoisotopic (exact) mass is 370 g/mol. The Bertz CT molecular complexity index is 980. The predicted molar refractivity (Wildman–Crippen MR) is 99.4 cm³/mol. The lowest BCUT2D eigenvalue weighted by Crippen LogP contribution is -2.34. The first-order chi connectivity index (χ1) is 13.0. The van der Waals surface area contributed by atoms with Crippen LogP contribution in [0, 0.1) is 12.7 Å². The lowest BCUT2D eigenvalue weighted by molar-refractivity contribution is 0.0799. The normalized spacial score (nSPS) is 12.0. The van der Waals surface area contributed by atoms with Gasteiger partial charge in [-0.15, -0.1) is 0 Å². The highest BCUT2D eigenvalue weighted by molar-refractivity contribution is 6.00. The highest BCUT2D eigenvalue weighted by atomic mass is 19.1. The molecule has 0 fully saturated rings. The smallest absolute Gasteiger partial charge is 0.270 e. The van der Waals surface area contributed by atoms with E-state index in [1.165, 1.54) is 18.3 Å². The molecule has 4 N–H and O–H groups in total. The fraction of sp³-hybridized carbons (Fsp3) is 0.211. The third-order valence-corrected chi connectivity index (χ3v) is 3.92. The van der Waals surface area contributed by atoms with E-state index in [0.29, 0.717) is 16.6 Å². The average Bonchev–Trinajstić information content (AvgIpc) is 2.67. The van der Waals surface area contributed by atoms with Gasteiger partial charge >= 0.3 is 0 Å². The Morgan fingerprint density at radius 3 is 2.78 bits per heavy atom. The average molecular weight is 370 g/mol. The summed E-state index contributed by atoms with van der Waals surface area (Å²) >= 11 is 0. The van der Waals surface area contributed by atoms with Crippen molar-refractivity contribution < 1.29 is 19.4 Å². The first-order valence-electron chi connectivity index (χ1n) is 8.34. The lowest BCUT2D eigenvalue weighted by Gasteiger charge is -2.13. The van der Waals surface area contributed by atoms with Gasteiger partial charge in [0.15, 0.2) is 0 Å². The molecule has 8 heteroatoms. The Labute approximate surface area is 154 Å². The molecule has 27 heavy (non-hydrogen) atoms. The van der Waals surface area contributed by atoms with E-state index in [9.17, 15) is 14.3 Å². The molecule has 0 radical (unpaired) electrons. The molecule has 140 valence electrons. The van der Waals surface area contributed by atoms with Crippen molar-refractivity contribution in [1.29, 1.82) is 0 Å². The van der Waals surface area contributed by atoms with Crippen LogP contribution in [0.15, 0.2) is 42.6 Å². The van der Waals surface area contributed by atoms with Gasteiger partial charge < -0.3 is 20.8 Å². The largest absolute Gasteiger partial charge is 0.394 e. The van der Waals surface area contributed by atoms with Crippen molar-refractivity contribution in [3.05, 3.63) is 59.8 Å². The molecule has 0 saturated heterocycles. The number of benzene rings is 1. The molecule has 2 heterocycles. The maximum Gasteiger partial charge on any atom is 0.270 e. The number of aliphatic hydroxyl groups is 2. The number of amides is 1. The van der Waals surface area contributed by atoms with Gasteiger partial charge in [-0.1, -0.05) is 12.1 Å². The van der Waals surface area contributed by atoms with Gasteiger partial charge in [-0.3, -0.25) is 9.78 Å². The second kappa shape index (κ2) is 8.07. The first-order valence-corrected chi connectivity index (χ1v) is 8.34. The molecule has 2 aromatic heterocycles. The minimum absolute atomic E-state index is 0.0807.